The van der Waals surface area contributed by atoms with Crippen LogP contribution in [-0.2, 0) is 14.9 Å². The normalized spacial score (nSPS) is 10.3. The molecular formula is C13H31N3O4S. The van der Waals surface area contributed by atoms with Crippen LogP contribution in [0.15, 0.2) is 12.7 Å². The Morgan fingerprint density at radius 3 is 1.57 bits per heavy atom. The van der Waals surface area contributed by atoms with E-state index in [9.17, 15) is 13.2 Å². The lowest BCUT2D eigenvalue weighted by atomic mass is 10.5. The van der Waals surface area contributed by atoms with E-state index in [1.807, 2.05) is 0 Å². The van der Waals surface area contributed by atoms with E-state index in [-0.39, 0.29) is 5.75 Å². The molecule has 8 heteroatoms. The van der Waals surface area contributed by atoms with E-state index in [1.54, 1.807) is 19.0 Å². The molecule has 21 heavy (non-hydrogen) atoms. The lowest BCUT2D eigenvalue weighted by molar-refractivity contribution is -0.113. The van der Waals surface area contributed by atoms with Crippen molar-refractivity contribution in [3.8, 4) is 0 Å². The van der Waals surface area contributed by atoms with Gasteiger partial charge in [0.1, 0.15) is 0 Å². The van der Waals surface area contributed by atoms with Gasteiger partial charge in [0, 0.05) is 6.54 Å². The van der Waals surface area contributed by atoms with Crippen LogP contribution in [0.5, 0.6) is 0 Å². The van der Waals surface area contributed by atoms with Gasteiger partial charge in [0.05, 0.1) is 5.75 Å². The molecule has 0 bridgehead atoms. The summed E-state index contributed by atoms with van der Waals surface area (Å²) in [4.78, 5) is 13.5. The van der Waals surface area contributed by atoms with E-state index in [4.69, 9.17) is 4.55 Å². The van der Waals surface area contributed by atoms with Gasteiger partial charge in [-0.15, -0.1) is 0 Å². The minimum absolute atomic E-state index is 0.194. The number of carbonyl (C=O) groups is 1. The number of amides is 1. The van der Waals surface area contributed by atoms with Crippen LogP contribution < -0.4 is 5.73 Å². The van der Waals surface area contributed by atoms with Crippen molar-refractivity contribution in [2.75, 3.05) is 46.0 Å². The predicted molar refractivity (Wildman–Crippen MR) is 87.8 cm³/mol. The third-order valence-electron chi connectivity index (χ3n) is 2.34. The van der Waals surface area contributed by atoms with E-state index in [1.165, 1.54) is 19.6 Å². The topological polar surface area (TPSA) is 104 Å². The molecule has 0 aliphatic carbocycles. The molecule has 0 fully saturated rings. The third kappa shape index (κ3) is 32.5. The molecule has 0 aromatic rings. The summed E-state index contributed by atoms with van der Waals surface area (Å²) in [6.45, 7) is 13.6. The number of hydrogen-bond donors (Lipinski definition) is 2. The lowest BCUT2D eigenvalue weighted by Gasteiger charge is -2.13. The standard InChI is InChI=1S/C6H15N.C4H11NO3S.C3H5NO/c1-4-7(5-2)6-3;1-5(2)3-4-9(6,7)8;1-2-3(4)5/h4-6H2,1-3H3;3-4H2,1-2H3,(H,6,7,8);2H,1H2,(H2,4,5). The largest absolute Gasteiger partial charge is 0.366 e. The van der Waals surface area contributed by atoms with Crippen LogP contribution in [0.3, 0.4) is 0 Å². The zero-order valence-electron chi connectivity index (χ0n) is 13.9. The molecule has 0 spiro atoms. The molecule has 0 aromatic carbocycles. The van der Waals surface area contributed by atoms with Crippen LogP contribution >= 0.6 is 0 Å². The maximum atomic E-state index is 10.1. The molecule has 128 valence electrons. The average Bonchev–Trinajstić information content (AvgIpc) is 2.39. The van der Waals surface area contributed by atoms with Crippen molar-refractivity contribution in [3.63, 3.8) is 0 Å². The molecule has 0 aliphatic rings. The second kappa shape index (κ2) is 15.4. The summed E-state index contributed by atoms with van der Waals surface area (Å²) in [5.41, 5.74) is 4.53. The Hall–Kier alpha value is -0.960. The summed E-state index contributed by atoms with van der Waals surface area (Å²) in [7, 11) is -0.278. The van der Waals surface area contributed by atoms with Crippen molar-refractivity contribution in [2.24, 2.45) is 5.73 Å². The van der Waals surface area contributed by atoms with Crippen LogP contribution in [0.4, 0.5) is 0 Å². The first kappa shape index (κ1) is 25.0. The fourth-order valence-corrected chi connectivity index (χ4v) is 1.56. The molecule has 0 atom stereocenters. The van der Waals surface area contributed by atoms with Crippen molar-refractivity contribution >= 4 is 16.0 Å². The monoisotopic (exact) mass is 325 g/mol. The number of nitrogens with two attached hydrogens (primary N) is 1. The Kier molecular flexibility index (Phi) is 18.4. The highest BCUT2D eigenvalue weighted by Gasteiger charge is 2.03. The van der Waals surface area contributed by atoms with E-state index in [2.05, 4.69) is 38.0 Å². The number of nitrogens with zero attached hydrogens (tertiary/aromatic N) is 2. The van der Waals surface area contributed by atoms with Gasteiger partial charge in [0.25, 0.3) is 10.1 Å². The second-order valence-corrected chi connectivity index (χ2v) is 5.89. The van der Waals surface area contributed by atoms with Crippen molar-refractivity contribution in [2.45, 2.75) is 20.8 Å². The molecule has 0 unspecified atom stereocenters. The van der Waals surface area contributed by atoms with E-state index < -0.39 is 16.0 Å². The molecule has 7 nitrogen and oxygen atoms in total. The van der Waals surface area contributed by atoms with Crippen LogP contribution in [0.25, 0.3) is 0 Å². The van der Waals surface area contributed by atoms with Crippen LogP contribution in [0, 0.1) is 0 Å². The highest BCUT2D eigenvalue weighted by atomic mass is 32.2. The fourth-order valence-electron chi connectivity index (χ4n) is 0.969. The van der Waals surface area contributed by atoms with E-state index in [0.29, 0.717) is 6.54 Å². The minimum Gasteiger partial charge on any atom is -0.366 e. The van der Waals surface area contributed by atoms with Crippen LogP contribution in [0.2, 0.25) is 0 Å². The van der Waals surface area contributed by atoms with Crippen LogP contribution in [0.1, 0.15) is 20.8 Å². The third-order valence-corrected chi connectivity index (χ3v) is 3.04. The maximum absolute atomic E-state index is 10.1. The minimum atomic E-state index is -3.76. The van der Waals surface area contributed by atoms with Crippen molar-refractivity contribution in [3.05, 3.63) is 12.7 Å². The second-order valence-electron chi connectivity index (χ2n) is 4.32. The summed E-state index contributed by atoms with van der Waals surface area (Å²) < 4.78 is 28.3. The first-order chi connectivity index (χ1) is 9.53. The van der Waals surface area contributed by atoms with Gasteiger partial charge < -0.3 is 15.5 Å². The Labute approximate surface area is 129 Å². The number of hydrogen-bond acceptors (Lipinski definition) is 5. The predicted octanol–water partition coefficient (Wildman–Crippen LogP) is 0.442. The maximum Gasteiger partial charge on any atom is 0.266 e. The first-order valence-electron chi connectivity index (χ1n) is 6.77. The Morgan fingerprint density at radius 1 is 1.19 bits per heavy atom. The zero-order valence-corrected chi connectivity index (χ0v) is 14.7. The van der Waals surface area contributed by atoms with Gasteiger partial charge in [-0.3, -0.25) is 9.35 Å². The van der Waals surface area contributed by atoms with Gasteiger partial charge in [0.15, 0.2) is 0 Å². The molecule has 0 heterocycles. The SMILES string of the molecule is C=CC(N)=O.CCN(CC)CC.CN(C)CCS(=O)(=O)O. The molecule has 1 amide bonds. The molecule has 0 saturated carbocycles. The van der Waals surface area contributed by atoms with Gasteiger partial charge in [0.2, 0.25) is 5.91 Å². The summed E-state index contributed by atoms with van der Waals surface area (Å²) in [5, 5.41) is 0. The fraction of sp³-hybridized carbons (Fsp3) is 0.769. The zero-order chi connectivity index (χ0) is 17.5. The van der Waals surface area contributed by atoms with E-state index >= 15 is 0 Å². The summed E-state index contributed by atoms with van der Waals surface area (Å²) >= 11 is 0. The molecule has 0 aromatic heterocycles. The van der Waals surface area contributed by atoms with Gasteiger partial charge in [-0.1, -0.05) is 27.4 Å². The highest BCUT2D eigenvalue weighted by molar-refractivity contribution is 7.85. The van der Waals surface area contributed by atoms with Crippen LogP contribution in [-0.4, -0.2) is 74.7 Å². The van der Waals surface area contributed by atoms with Gasteiger partial charge >= 0.3 is 0 Å². The summed E-state index contributed by atoms with van der Waals surface area (Å²) in [6, 6.07) is 0. The Bertz CT molecular complexity index is 347. The van der Waals surface area contributed by atoms with Crippen molar-refractivity contribution < 1.29 is 17.8 Å². The Morgan fingerprint density at radius 2 is 1.52 bits per heavy atom. The van der Waals surface area contributed by atoms with Gasteiger partial charge in [-0.25, -0.2) is 0 Å². The highest BCUT2D eigenvalue weighted by Crippen LogP contribution is 1.82. The number of rotatable bonds is 7. The van der Waals surface area contributed by atoms with Crippen molar-refractivity contribution in [1.82, 2.24) is 9.80 Å². The Balaban J connectivity index is -0.000000242. The average molecular weight is 325 g/mol. The number of carbonyl (C=O) groups excluding carboxylic acids is 1. The van der Waals surface area contributed by atoms with Gasteiger partial charge in [-0.2, -0.15) is 8.42 Å². The summed E-state index contributed by atoms with van der Waals surface area (Å²) in [6.07, 6.45) is 1.06. The molecule has 3 N–H and O–H groups in total. The van der Waals surface area contributed by atoms with Crippen molar-refractivity contribution in [1.29, 1.82) is 0 Å². The lowest BCUT2D eigenvalue weighted by Crippen LogP contribution is -2.21. The van der Waals surface area contributed by atoms with E-state index in [0.717, 1.165) is 6.08 Å². The smallest absolute Gasteiger partial charge is 0.266 e. The quantitative estimate of drug-likeness (QED) is 0.520. The first-order valence-corrected chi connectivity index (χ1v) is 8.38. The summed E-state index contributed by atoms with van der Waals surface area (Å²) in [5.74, 6) is -0.676. The molecule has 0 saturated heterocycles. The van der Waals surface area contributed by atoms with Gasteiger partial charge in [-0.05, 0) is 39.8 Å². The number of primary amides is 1. The molecule has 0 radical (unpaired) electrons. The molecule has 0 rings (SSSR count). The molecular weight excluding hydrogens is 294 g/mol. The molecule has 0 aliphatic heterocycles.